The van der Waals surface area contributed by atoms with Gasteiger partial charge in [0.2, 0.25) is 5.82 Å². The average molecular weight is 510 g/mol. The minimum absolute atomic E-state index is 0.0687. The molecule has 1 heterocycles. The molecule has 0 saturated heterocycles. The number of amides is 1. The van der Waals surface area contributed by atoms with Gasteiger partial charge in [-0.2, -0.15) is 4.39 Å². The summed E-state index contributed by atoms with van der Waals surface area (Å²) in [6.07, 6.45) is 10.1. The fourth-order valence-electron chi connectivity index (χ4n) is 4.27. The summed E-state index contributed by atoms with van der Waals surface area (Å²) in [7, 11) is 0. The van der Waals surface area contributed by atoms with E-state index in [2.05, 4.69) is 31.7 Å². The van der Waals surface area contributed by atoms with Gasteiger partial charge in [-0.05, 0) is 49.3 Å². The number of carbonyl (C=O) groups is 1. The molecule has 9 heteroatoms. The van der Waals surface area contributed by atoms with E-state index in [-0.39, 0.29) is 17.4 Å². The predicted octanol–water partition coefficient (Wildman–Crippen LogP) is 5.57. The SMILES string of the molecule is O=C(NOC(CC1CCCCC1)C1CC1)c1c[nH]c(=O)c(F)c1Nc1ccc(Br)cc1F. The number of benzene rings is 1. The molecule has 0 bridgehead atoms. The number of rotatable bonds is 8. The first-order valence-corrected chi connectivity index (χ1v) is 11.8. The van der Waals surface area contributed by atoms with Crippen molar-refractivity contribution in [1.29, 1.82) is 0 Å². The number of nitrogens with one attached hydrogen (secondary N) is 3. The van der Waals surface area contributed by atoms with E-state index < -0.39 is 28.8 Å². The van der Waals surface area contributed by atoms with Crippen LogP contribution >= 0.6 is 15.9 Å². The van der Waals surface area contributed by atoms with Crippen LogP contribution in [0.4, 0.5) is 20.2 Å². The van der Waals surface area contributed by atoms with Crippen molar-refractivity contribution < 1.29 is 18.4 Å². The van der Waals surface area contributed by atoms with E-state index in [4.69, 9.17) is 4.84 Å². The Bertz CT molecular complexity index is 1040. The van der Waals surface area contributed by atoms with Crippen molar-refractivity contribution >= 4 is 33.2 Å². The number of hydroxylamine groups is 1. The van der Waals surface area contributed by atoms with Gasteiger partial charge in [0.15, 0.2) is 0 Å². The zero-order valence-electron chi connectivity index (χ0n) is 17.6. The second-order valence-electron chi connectivity index (χ2n) is 8.63. The van der Waals surface area contributed by atoms with E-state index in [1.54, 1.807) is 6.07 Å². The highest BCUT2D eigenvalue weighted by molar-refractivity contribution is 9.10. The maximum Gasteiger partial charge on any atom is 0.286 e. The number of halogens is 3. The van der Waals surface area contributed by atoms with Gasteiger partial charge in [-0.25, -0.2) is 9.87 Å². The summed E-state index contributed by atoms with van der Waals surface area (Å²) in [5, 5.41) is 2.54. The molecule has 172 valence electrons. The number of carbonyl (C=O) groups excluding carboxylic acids is 1. The van der Waals surface area contributed by atoms with Crippen LogP contribution in [0.1, 0.15) is 61.7 Å². The summed E-state index contributed by atoms with van der Waals surface area (Å²) < 4.78 is 29.4. The number of aromatic nitrogens is 1. The highest BCUT2D eigenvalue weighted by Gasteiger charge is 2.35. The zero-order valence-corrected chi connectivity index (χ0v) is 19.1. The second-order valence-corrected chi connectivity index (χ2v) is 9.55. The lowest BCUT2D eigenvalue weighted by atomic mass is 9.84. The first kappa shape index (κ1) is 22.9. The van der Waals surface area contributed by atoms with Crippen molar-refractivity contribution in [3.05, 3.63) is 56.4 Å². The first-order chi connectivity index (χ1) is 15.4. The van der Waals surface area contributed by atoms with E-state index >= 15 is 0 Å². The molecule has 1 aromatic carbocycles. The van der Waals surface area contributed by atoms with Crippen LogP contribution in [0, 0.1) is 23.5 Å². The lowest BCUT2D eigenvalue weighted by molar-refractivity contribution is -0.0386. The minimum Gasteiger partial charge on any atom is -0.350 e. The highest BCUT2D eigenvalue weighted by Crippen LogP contribution is 2.39. The Hall–Kier alpha value is -2.26. The maximum absolute atomic E-state index is 14.6. The van der Waals surface area contributed by atoms with Gasteiger partial charge in [-0.15, -0.1) is 0 Å². The van der Waals surface area contributed by atoms with Crippen molar-refractivity contribution in [3.8, 4) is 0 Å². The minimum atomic E-state index is -1.21. The first-order valence-electron chi connectivity index (χ1n) is 11.0. The number of pyridine rings is 1. The monoisotopic (exact) mass is 509 g/mol. The summed E-state index contributed by atoms with van der Waals surface area (Å²) in [4.78, 5) is 32.6. The second kappa shape index (κ2) is 10.1. The predicted molar refractivity (Wildman–Crippen MR) is 121 cm³/mol. The molecule has 0 radical (unpaired) electrons. The molecule has 2 aliphatic carbocycles. The summed E-state index contributed by atoms with van der Waals surface area (Å²) in [5.41, 5.74) is 0.757. The topological polar surface area (TPSA) is 83.2 Å². The molecule has 4 rings (SSSR count). The van der Waals surface area contributed by atoms with E-state index in [1.807, 2.05) is 0 Å². The summed E-state index contributed by atoms with van der Waals surface area (Å²) in [6.45, 7) is 0. The van der Waals surface area contributed by atoms with Gasteiger partial charge in [0.25, 0.3) is 11.5 Å². The molecule has 2 aromatic rings. The van der Waals surface area contributed by atoms with Crippen molar-refractivity contribution in [1.82, 2.24) is 10.5 Å². The maximum atomic E-state index is 14.6. The standard InChI is InChI=1S/C23H26BrF2N3O3/c24-15-8-9-18(17(25)11-15)28-21-16(12-27-23(31)20(21)26)22(30)29-32-19(14-6-7-14)10-13-4-2-1-3-5-13/h8-9,11-14,19H,1-7,10H2,(H,29,30)(H2,27,28,31). The van der Waals surface area contributed by atoms with Gasteiger partial charge in [-0.1, -0.05) is 48.0 Å². The van der Waals surface area contributed by atoms with Crippen LogP contribution in [-0.2, 0) is 4.84 Å². The third-order valence-electron chi connectivity index (χ3n) is 6.21. The van der Waals surface area contributed by atoms with Crippen molar-refractivity contribution in [2.24, 2.45) is 11.8 Å². The van der Waals surface area contributed by atoms with Gasteiger partial charge in [0.05, 0.1) is 23.0 Å². The Kier molecular flexibility index (Phi) is 7.25. The highest BCUT2D eigenvalue weighted by atomic mass is 79.9. The summed E-state index contributed by atoms with van der Waals surface area (Å²) >= 11 is 3.15. The van der Waals surface area contributed by atoms with Crippen LogP contribution in [0.2, 0.25) is 0 Å². The molecule has 6 nitrogen and oxygen atoms in total. The average Bonchev–Trinajstić information content (AvgIpc) is 3.62. The van der Waals surface area contributed by atoms with E-state index in [1.165, 1.54) is 44.2 Å². The van der Waals surface area contributed by atoms with Crippen LogP contribution in [0.15, 0.2) is 33.7 Å². The fourth-order valence-corrected chi connectivity index (χ4v) is 4.61. The Balaban J connectivity index is 1.49. The van der Waals surface area contributed by atoms with Crippen molar-refractivity contribution in [2.45, 2.75) is 57.5 Å². The van der Waals surface area contributed by atoms with Gasteiger partial charge in [0.1, 0.15) is 5.82 Å². The molecule has 0 spiro atoms. The molecule has 2 fully saturated rings. The van der Waals surface area contributed by atoms with Gasteiger partial charge >= 0.3 is 0 Å². The fraction of sp³-hybridized carbons (Fsp3) is 0.478. The quantitative estimate of drug-likeness (QED) is 0.406. The molecule has 2 saturated carbocycles. The van der Waals surface area contributed by atoms with Crippen molar-refractivity contribution in [3.63, 3.8) is 0 Å². The van der Waals surface area contributed by atoms with Crippen molar-refractivity contribution in [2.75, 3.05) is 5.32 Å². The lowest BCUT2D eigenvalue weighted by Crippen LogP contribution is -2.33. The van der Waals surface area contributed by atoms with Gasteiger partial charge in [0, 0.05) is 10.7 Å². The summed E-state index contributed by atoms with van der Waals surface area (Å²) in [5.74, 6) is -1.58. The van der Waals surface area contributed by atoms with E-state index in [9.17, 15) is 18.4 Å². The van der Waals surface area contributed by atoms with Gasteiger partial charge in [-0.3, -0.25) is 14.4 Å². The number of anilines is 2. The zero-order chi connectivity index (χ0) is 22.7. The number of aromatic amines is 1. The van der Waals surface area contributed by atoms with Crippen LogP contribution in [0.3, 0.4) is 0 Å². The third-order valence-corrected chi connectivity index (χ3v) is 6.71. The molecule has 32 heavy (non-hydrogen) atoms. The molecule has 2 aliphatic rings. The largest absolute Gasteiger partial charge is 0.350 e. The molecule has 1 unspecified atom stereocenters. The molecule has 1 amide bonds. The third kappa shape index (κ3) is 5.56. The smallest absolute Gasteiger partial charge is 0.286 e. The van der Waals surface area contributed by atoms with Crippen LogP contribution in [0.5, 0.6) is 0 Å². The van der Waals surface area contributed by atoms with Crippen LogP contribution in [-0.4, -0.2) is 17.0 Å². The van der Waals surface area contributed by atoms with Crippen LogP contribution in [0.25, 0.3) is 0 Å². The molecule has 0 aliphatic heterocycles. The van der Waals surface area contributed by atoms with E-state index in [0.29, 0.717) is 16.3 Å². The number of hydrogen-bond donors (Lipinski definition) is 3. The number of H-pyrrole nitrogens is 1. The Labute approximate surface area is 193 Å². The lowest BCUT2D eigenvalue weighted by Gasteiger charge is -2.26. The summed E-state index contributed by atoms with van der Waals surface area (Å²) in [6, 6.07) is 4.14. The molecule has 3 N–H and O–H groups in total. The molecular weight excluding hydrogens is 484 g/mol. The number of hydrogen-bond acceptors (Lipinski definition) is 4. The van der Waals surface area contributed by atoms with Crippen LogP contribution < -0.4 is 16.4 Å². The molecule has 1 aromatic heterocycles. The van der Waals surface area contributed by atoms with Gasteiger partial charge < -0.3 is 10.3 Å². The Morgan fingerprint density at radius 1 is 1.19 bits per heavy atom. The Morgan fingerprint density at radius 3 is 2.62 bits per heavy atom. The molecule has 1 atom stereocenters. The Morgan fingerprint density at radius 2 is 1.94 bits per heavy atom. The van der Waals surface area contributed by atoms with E-state index in [0.717, 1.165) is 25.5 Å². The molecular formula is C23H26BrF2N3O3. The normalized spacial score (nSPS) is 17.7.